The van der Waals surface area contributed by atoms with Crippen LogP contribution in [0.2, 0.25) is 0 Å². The number of nitrogens with zero attached hydrogens (tertiary/aromatic N) is 3. The van der Waals surface area contributed by atoms with Gasteiger partial charge in [0.2, 0.25) is 0 Å². The minimum atomic E-state index is -0.439. The smallest absolute Gasteiger partial charge is 0.135 e. The third-order valence-corrected chi connectivity index (χ3v) is 4.96. The molecular formula is C21H30N4O2. The second-order valence-electron chi connectivity index (χ2n) is 7.73. The largest absolute Gasteiger partial charge is 0.394 e. The number of hydrogen-bond acceptors (Lipinski definition) is 6. The molecule has 1 aliphatic rings. The van der Waals surface area contributed by atoms with Crippen LogP contribution in [0.5, 0.6) is 0 Å². The molecule has 0 bridgehead atoms. The van der Waals surface area contributed by atoms with Crippen molar-refractivity contribution in [3.05, 3.63) is 46.8 Å². The minimum absolute atomic E-state index is 0.0546. The molecule has 6 nitrogen and oxygen atoms in total. The molecule has 6 heteroatoms. The molecule has 2 atom stereocenters. The summed E-state index contributed by atoms with van der Waals surface area (Å²) in [6.07, 6.45) is 0.484. The van der Waals surface area contributed by atoms with Crippen molar-refractivity contribution in [1.82, 2.24) is 9.97 Å². The van der Waals surface area contributed by atoms with Gasteiger partial charge in [-0.15, -0.1) is 0 Å². The van der Waals surface area contributed by atoms with E-state index in [0.29, 0.717) is 0 Å². The lowest BCUT2D eigenvalue weighted by atomic mass is 9.96. The van der Waals surface area contributed by atoms with Gasteiger partial charge in [0.05, 0.1) is 12.7 Å². The second-order valence-corrected chi connectivity index (χ2v) is 7.73. The predicted octanol–water partition coefficient (Wildman–Crippen LogP) is 3.01. The molecule has 3 N–H and O–H groups in total. The van der Waals surface area contributed by atoms with Gasteiger partial charge >= 0.3 is 0 Å². The van der Waals surface area contributed by atoms with Crippen LogP contribution in [0, 0.1) is 0 Å². The first-order chi connectivity index (χ1) is 12.9. The maximum absolute atomic E-state index is 9.81. The van der Waals surface area contributed by atoms with Crippen molar-refractivity contribution in [3.63, 3.8) is 0 Å². The van der Waals surface area contributed by atoms with E-state index in [2.05, 4.69) is 41.2 Å². The lowest BCUT2D eigenvalue weighted by molar-refractivity contribution is 0.199. The van der Waals surface area contributed by atoms with E-state index in [0.717, 1.165) is 42.5 Å². The molecule has 2 heterocycles. The summed E-state index contributed by atoms with van der Waals surface area (Å²) in [7, 11) is 0. The van der Waals surface area contributed by atoms with E-state index in [1.54, 1.807) is 6.92 Å². The third-order valence-electron chi connectivity index (χ3n) is 4.96. The molecule has 0 spiro atoms. The topological polar surface area (TPSA) is 81.5 Å². The number of rotatable bonds is 6. The molecule has 1 aliphatic heterocycles. The van der Waals surface area contributed by atoms with E-state index in [1.807, 2.05) is 19.1 Å². The van der Waals surface area contributed by atoms with Gasteiger partial charge in [0.25, 0.3) is 0 Å². The lowest BCUT2D eigenvalue weighted by Gasteiger charge is -2.31. The normalized spacial score (nSPS) is 16.2. The summed E-state index contributed by atoms with van der Waals surface area (Å²) in [5.41, 5.74) is 3.54. The number of fused-ring (bicyclic) bond motifs is 1. The molecular weight excluding hydrogens is 340 g/mol. The maximum Gasteiger partial charge on any atom is 0.135 e. The van der Waals surface area contributed by atoms with E-state index < -0.39 is 6.10 Å². The fraction of sp³-hybridized carbons (Fsp3) is 0.524. The Hall–Kier alpha value is -2.18. The van der Waals surface area contributed by atoms with Gasteiger partial charge in [-0.1, -0.05) is 32.0 Å². The molecule has 2 aromatic rings. The van der Waals surface area contributed by atoms with E-state index in [-0.39, 0.29) is 18.6 Å². The quantitative estimate of drug-likeness (QED) is 0.725. The number of hydrogen-bond donors (Lipinski definition) is 3. The predicted molar refractivity (Wildman–Crippen MR) is 108 cm³/mol. The zero-order valence-electron chi connectivity index (χ0n) is 16.6. The highest BCUT2D eigenvalue weighted by molar-refractivity contribution is 5.52. The second kappa shape index (κ2) is 8.23. The third kappa shape index (κ3) is 4.57. The first-order valence-electron chi connectivity index (χ1n) is 9.68. The molecule has 146 valence electrons. The van der Waals surface area contributed by atoms with Crippen LogP contribution >= 0.6 is 0 Å². The molecule has 1 aromatic heterocycles. The van der Waals surface area contributed by atoms with Gasteiger partial charge in [-0.2, -0.15) is 0 Å². The van der Waals surface area contributed by atoms with Crippen molar-refractivity contribution in [2.45, 2.75) is 58.7 Å². The Labute approximate surface area is 161 Å². The van der Waals surface area contributed by atoms with Crippen LogP contribution in [-0.4, -0.2) is 39.4 Å². The Balaban J connectivity index is 1.87. The number of nitrogens with one attached hydrogen (secondary N) is 1. The van der Waals surface area contributed by atoms with Crippen molar-refractivity contribution in [2.75, 3.05) is 23.4 Å². The summed E-state index contributed by atoms with van der Waals surface area (Å²) in [5.74, 6) is 2.68. The molecule has 0 radical (unpaired) electrons. The Bertz CT molecular complexity index is 792. The van der Waals surface area contributed by atoms with Crippen molar-refractivity contribution in [1.29, 1.82) is 0 Å². The van der Waals surface area contributed by atoms with Gasteiger partial charge < -0.3 is 20.4 Å². The average Bonchev–Trinajstić information content (AvgIpc) is 2.66. The summed E-state index contributed by atoms with van der Waals surface area (Å²) in [4.78, 5) is 11.7. The number of aromatic nitrogens is 2. The Morgan fingerprint density at radius 1 is 1.11 bits per heavy atom. The Morgan fingerprint density at radius 3 is 2.56 bits per heavy atom. The Kier molecular flexibility index (Phi) is 5.97. The van der Waals surface area contributed by atoms with E-state index in [1.165, 1.54) is 11.1 Å². The van der Waals surface area contributed by atoms with Crippen LogP contribution < -0.4 is 10.2 Å². The first-order valence-corrected chi connectivity index (χ1v) is 9.68. The van der Waals surface area contributed by atoms with Crippen LogP contribution in [0.25, 0.3) is 0 Å². The molecule has 0 fully saturated rings. The summed E-state index contributed by atoms with van der Waals surface area (Å²) < 4.78 is 0. The number of aliphatic hydroxyl groups is 2. The first kappa shape index (κ1) is 19.6. The lowest BCUT2D eigenvalue weighted by Crippen LogP contribution is -2.32. The zero-order chi connectivity index (χ0) is 19.6. The van der Waals surface area contributed by atoms with E-state index in [9.17, 15) is 10.2 Å². The average molecular weight is 370 g/mol. The van der Waals surface area contributed by atoms with E-state index >= 15 is 0 Å². The molecule has 27 heavy (non-hydrogen) atoms. The SMILES string of the molecule is CC(C)c1nc(N[C@@H](C)CO)cc(N2CCc3cc([C@@H](C)O)ccc3C2)n1. The summed E-state index contributed by atoms with van der Waals surface area (Å²) in [6.45, 7) is 9.61. The van der Waals surface area contributed by atoms with Gasteiger partial charge in [0.1, 0.15) is 17.5 Å². The van der Waals surface area contributed by atoms with Gasteiger partial charge in [-0.3, -0.25) is 0 Å². The minimum Gasteiger partial charge on any atom is -0.394 e. The molecule has 0 aliphatic carbocycles. The molecule has 3 rings (SSSR count). The van der Waals surface area contributed by atoms with Gasteiger partial charge in [-0.05, 0) is 37.0 Å². The highest BCUT2D eigenvalue weighted by Gasteiger charge is 2.20. The number of anilines is 2. The van der Waals surface area contributed by atoms with Gasteiger partial charge in [0, 0.05) is 31.1 Å². The monoisotopic (exact) mass is 370 g/mol. The summed E-state index contributed by atoms with van der Waals surface area (Å²) in [6, 6.07) is 8.14. The standard InChI is InChI=1S/C21H30N4O2/c1-13(2)21-23-19(22-14(3)12-26)10-20(24-21)25-8-7-17-9-16(15(4)27)5-6-18(17)11-25/h5-6,9-10,13-15,26-27H,7-8,11-12H2,1-4H3,(H,22,23,24)/t14-,15+/m0/s1. The fourth-order valence-electron chi connectivity index (χ4n) is 3.27. The maximum atomic E-state index is 9.81. The van der Waals surface area contributed by atoms with Gasteiger partial charge in [0.15, 0.2) is 0 Å². The van der Waals surface area contributed by atoms with Crippen LogP contribution in [0.4, 0.5) is 11.6 Å². The van der Waals surface area contributed by atoms with Crippen LogP contribution in [0.15, 0.2) is 24.3 Å². The van der Waals surface area contributed by atoms with Crippen molar-refractivity contribution in [2.24, 2.45) is 0 Å². The van der Waals surface area contributed by atoms with Crippen LogP contribution in [0.1, 0.15) is 62.2 Å². The van der Waals surface area contributed by atoms with Crippen molar-refractivity contribution < 1.29 is 10.2 Å². The van der Waals surface area contributed by atoms with E-state index in [4.69, 9.17) is 4.98 Å². The van der Waals surface area contributed by atoms with Crippen LogP contribution in [-0.2, 0) is 13.0 Å². The van der Waals surface area contributed by atoms with Crippen LogP contribution in [0.3, 0.4) is 0 Å². The molecule has 0 unspecified atom stereocenters. The molecule has 1 aromatic carbocycles. The van der Waals surface area contributed by atoms with Gasteiger partial charge in [-0.25, -0.2) is 9.97 Å². The zero-order valence-corrected chi connectivity index (χ0v) is 16.6. The highest BCUT2D eigenvalue weighted by Crippen LogP contribution is 2.28. The Morgan fingerprint density at radius 2 is 1.89 bits per heavy atom. The molecule has 0 saturated carbocycles. The highest BCUT2D eigenvalue weighted by atomic mass is 16.3. The number of aliphatic hydroxyl groups excluding tert-OH is 2. The summed E-state index contributed by atoms with van der Waals surface area (Å²) in [5, 5.41) is 22.4. The summed E-state index contributed by atoms with van der Waals surface area (Å²) >= 11 is 0. The fourth-order valence-corrected chi connectivity index (χ4v) is 3.27. The molecule has 0 amide bonds. The van der Waals surface area contributed by atoms with Crippen molar-refractivity contribution >= 4 is 11.6 Å². The molecule has 0 saturated heterocycles. The number of benzene rings is 1. The van der Waals surface area contributed by atoms with Crippen molar-refractivity contribution in [3.8, 4) is 0 Å².